The molecule has 0 bridgehead atoms. The fourth-order valence-corrected chi connectivity index (χ4v) is 1.88. The number of nitrogens with zero attached hydrogens (tertiary/aromatic N) is 2. The molecule has 0 aliphatic heterocycles. The first-order chi connectivity index (χ1) is 7.81. The van der Waals surface area contributed by atoms with Crippen molar-refractivity contribution < 1.29 is 4.52 Å². The normalized spacial score (nSPS) is 11.2. The van der Waals surface area contributed by atoms with Crippen LogP contribution in [0.1, 0.15) is 63.6 Å². The molecule has 0 fully saturated rings. The minimum absolute atomic E-state index is 0.439. The van der Waals surface area contributed by atoms with Crippen LogP contribution in [-0.2, 0) is 6.42 Å². The van der Waals surface area contributed by atoms with Crippen molar-refractivity contribution in [1.29, 1.82) is 0 Å². The van der Waals surface area contributed by atoms with E-state index in [0.717, 1.165) is 50.2 Å². The van der Waals surface area contributed by atoms with Crippen LogP contribution in [0.5, 0.6) is 0 Å². The second-order valence-corrected chi connectivity index (χ2v) is 4.22. The van der Waals surface area contributed by atoms with E-state index in [9.17, 15) is 0 Å². The summed E-state index contributed by atoms with van der Waals surface area (Å²) in [5, 5.41) is 4.00. The van der Waals surface area contributed by atoms with Crippen molar-refractivity contribution in [3.63, 3.8) is 0 Å². The summed E-state index contributed by atoms with van der Waals surface area (Å²) < 4.78 is 5.33. The highest BCUT2D eigenvalue weighted by atomic mass is 16.5. The number of nitrogens with two attached hydrogens (primary N) is 1. The highest BCUT2D eigenvalue weighted by molar-refractivity contribution is 4.94. The van der Waals surface area contributed by atoms with E-state index in [4.69, 9.17) is 10.3 Å². The summed E-state index contributed by atoms with van der Waals surface area (Å²) in [6.07, 6.45) is 6.32. The van der Waals surface area contributed by atoms with Crippen molar-refractivity contribution in [2.24, 2.45) is 5.73 Å². The molecule has 0 unspecified atom stereocenters. The molecule has 0 aliphatic carbocycles. The van der Waals surface area contributed by atoms with Crippen LogP contribution in [0.4, 0.5) is 0 Å². The van der Waals surface area contributed by atoms with Gasteiger partial charge in [0.05, 0.1) is 0 Å². The first kappa shape index (κ1) is 13.2. The zero-order valence-corrected chi connectivity index (χ0v) is 10.4. The minimum atomic E-state index is 0.439. The van der Waals surface area contributed by atoms with Gasteiger partial charge in [-0.3, -0.25) is 0 Å². The van der Waals surface area contributed by atoms with Crippen LogP contribution in [0, 0.1) is 0 Å². The predicted molar refractivity (Wildman–Crippen MR) is 64.2 cm³/mol. The molecule has 1 aromatic rings. The molecular formula is C12H23N3O. The van der Waals surface area contributed by atoms with Gasteiger partial charge in [0.25, 0.3) is 0 Å². The zero-order chi connectivity index (χ0) is 11.8. The Morgan fingerprint density at radius 1 is 1.25 bits per heavy atom. The van der Waals surface area contributed by atoms with E-state index in [1.165, 1.54) is 0 Å². The Kier molecular flexibility index (Phi) is 6.08. The number of rotatable bonds is 8. The summed E-state index contributed by atoms with van der Waals surface area (Å²) in [7, 11) is 0. The Morgan fingerprint density at radius 3 is 2.50 bits per heavy atom. The fourth-order valence-electron chi connectivity index (χ4n) is 1.88. The molecule has 0 saturated carbocycles. The quantitative estimate of drug-likeness (QED) is 0.738. The van der Waals surface area contributed by atoms with Crippen molar-refractivity contribution in [2.45, 2.75) is 58.3 Å². The van der Waals surface area contributed by atoms with Crippen LogP contribution in [0.25, 0.3) is 0 Å². The lowest BCUT2D eigenvalue weighted by molar-refractivity contribution is 0.333. The van der Waals surface area contributed by atoms with E-state index in [1.807, 2.05) is 0 Å². The van der Waals surface area contributed by atoms with Gasteiger partial charge in [0.2, 0.25) is 5.89 Å². The molecule has 0 saturated heterocycles. The lowest BCUT2D eigenvalue weighted by Gasteiger charge is -2.08. The van der Waals surface area contributed by atoms with E-state index in [0.29, 0.717) is 12.5 Å². The summed E-state index contributed by atoms with van der Waals surface area (Å²) in [5.74, 6) is 2.06. The molecule has 0 radical (unpaired) electrons. The highest BCUT2D eigenvalue weighted by Crippen LogP contribution is 2.24. The molecule has 16 heavy (non-hydrogen) atoms. The molecule has 4 heteroatoms. The molecule has 0 amide bonds. The summed E-state index contributed by atoms with van der Waals surface area (Å²) in [6, 6.07) is 0. The predicted octanol–water partition coefficient (Wildman–Crippen LogP) is 2.64. The third-order valence-corrected chi connectivity index (χ3v) is 2.71. The fraction of sp³-hybridized carbons (Fsp3) is 0.833. The molecule has 4 nitrogen and oxygen atoms in total. The molecule has 1 rings (SSSR count). The Bertz CT molecular complexity index is 280. The maximum Gasteiger partial charge on any atom is 0.229 e. The van der Waals surface area contributed by atoms with Crippen molar-refractivity contribution in [1.82, 2.24) is 10.1 Å². The summed E-state index contributed by atoms with van der Waals surface area (Å²) in [6.45, 7) is 5.06. The van der Waals surface area contributed by atoms with E-state index in [-0.39, 0.29) is 0 Å². The van der Waals surface area contributed by atoms with Crippen LogP contribution >= 0.6 is 0 Å². The number of aromatic nitrogens is 2. The van der Waals surface area contributed by atoms with Gasteiger partial charge in [0.15, 0.2) is 5.82 Å². The van der Waals surface area contributed by atoms with E-state index in [2.05, 4.69) is 24.0 Å². The summed E-state index contributed by atoms with van der Waals surface area (Å²) in [5.41, 5.74) is 5.45. The second-order valence-electron chi connectivity index (χ2n) is 4.22. The second kappa shape index (κ2) is 7.39. The highest BCUT2D eigenvalue weighted by Gasteiger charge is 2.17. The molecule has 1 aromatic heterocycles. The van der Waals surface area contributed by atoms with Gasteiger partial charge >= 0.3 is 0 Å². The maximum atomic E-state index is 5.45. The average molecular weight is 225 g/mol. The Morgan fingerprint density at radius 2 is 1.94 bits per heavy atom. The first-order valence-corrected chi connectivity index (χ1v) is 6.34. The molecular weight excluding hydrogens is 202 g/mol. The van der Waals surface area contributed by atoms with Crippen molar-refractivity contribution >= 4 is 0 Å². The molecule has 1 heterocycles. The number of aryl methyl sites for hydroxylation is 1. The lowest BCUT2D eigenvalue weighted by atomic mass is 9.98. The van der Waals surface area contributed by atoms with E-state index in [1.54, 1.807) is 0 Å². The smallest absolute Gasteiger partial charge is 0.229 e. The Balaban J connectivity index is 2.58. The zero-order valence-electron chi connectivity index (χ0n) is 10.4. The van der Waals surface area contributed by atoms with Crippen molar-refractivity contribution in [2.75, 3.05) is 6.54 Å². The SMILES string of the molecule is CCCC(CCC)c1nc(CCCN)no1. The van der Waals surface area contributed by atoms with E-state index < -0.39 is 0 Å². The molecule has 0 aromatic carbocycles. The van der Waals surface area contributed by atoms with Gasteiger partial charge in [-0.15, -0.1) is 0 Å². The van der Waals surface area contributed by atoms with Crippen LogP contribution in [0.3, 0.4) is 0 Å². The number of hydrogen-bond acceptors (Lipinski definition) is 4. The van der Waals surface area contributed by atoms with Gasteiger partial charge in [-0.05, 0) is 25.8 Å². The van der Waals surface area contributed by atoms with Gasteiger partial charge < -0.3 is 10.3 Å². The Hall–Kier alpha value is -0.900. The maximum absolute atomic E-state index is 5.45. The van der Waals surface area contributed by atoms with Gasteiger partial charge in [0, 0.05) is 12.3 Å². The molecule has 2 N–H and O–H groups in total. The van der Waals surface area contributed by atoms with Crippen molar-refractivity contribution in [3.8, 4) is 0 Å². The van der Waals surface area contributed by atoms with Crippen LogP contribution in [0.15, 0.2) is 4.52 Å². The first-order valence-electron chi connectivity index (χ1n) is 6.34. The molecule has 0 aliphatic rings. The summed E-state index contributed by atoms with van der Waals surface area (Å²) >= 11 is 0. The number of hydrogen-bond donors (Lipinski definition) is 1. The largest absolute Gasteiger partial charge is 0.339 e. The molecule has 0 spiro atoms. The van der Waals surface area contributed by atoms with E-state index >= 15 is 0 Å². The third kappa shape index (κ3) is 3.93. The molecule has 92 valence electrons. The summed E-state index contributed by atoms with van der Waals surface area (Å²) in [4.78, 5) is 4.45. The van der Waals surface area contributed by atoms with Crippen LogP contribution in [0.2, 0.25) is 0 Å². The Labute approximate surface area is 97.6 Å². The van der Waals surface area contributed by atoms with Crippen LogP contribution < -0.4 is 5.73 Å². The minimum Gasteiger partial charge on any atom is -0.339 e. The van der Waals surface area contributed by atoms with Crippen molar-refractivity contribution in [3.05, 3.63) is 11.7 Å². The average Bonchev–Trinajstić information content (AvgIpc) is 2.74. The van der Waals surface area contributed by atoms with Gasteiger partial charge in [-0.25, -0.2) is 0 Å². The van der Waals surface area contributed by atoms with Gasteiger partial charge in [-0.2, -0.15) is 4.98 Å². The monoisotopic (exact) mass is 225 g/mol. The van der Waals surface area contributed by atoms with Gasteiger partial charge in [0.1, 0.15) is 0 Å². The standard InChI is InChI=1S/C12H23N3O/c1-3-6-10(7-4-2)12-14-11(15-16-12)8-5-9-13/h10H,3-9,13H2,1-2H3. The lowest BCUT2D eigenvalue weighted by Crippen LogP contribution is -2.02. The molecule has 0 atom stereocenters. The van der Waals surface area contributed by atoms with Gasteiger partial charge in [-0.1, -0.05) is 31.8 Å². The topological polar surface area (TPSA) is 64.9 Å². The van der Waals surface area contributed by atoms with Crippen LogP contribution in [-0.4, -0.2) is 16.7 Å². The third-order valence-electron chi connectivity index (χ3n) is 2.71.